The minimum atomic E-state index is -3.15. The molecule has 4 aromatic rings. The van der Waals surface area contributed by atoms with E-state index >= 15 is 0 Å². The normalized spacial score (nSPS) is 22.6. The zero-order valence-corrected chi connectivity index (χ0v) is 30.7. The highest BCUT2D eigenvalue weighted by Crippen LogP contribution is 2.41. The Kier molecular flexibility index (Phi) is 10.7. The molecule has 5 rings (SSSR count). The van der Waals surface area contributed by atoms with Crippen LogP contribution in [0.15, 0.2) is 121 Å². The average molecular weight is 671 g/mol. The molecule has 0 aromatic heterocycles. The van der Waals surface area contributed by atoms with Gasteiger partial charge in [0.1, 0.15) is 24.4 Å². The number of aliphatic hydroxyl groups excluding tert-OH is 2. The Bertz CT molecular complexity index is 1460. The van der Waals surface area contributed by atoms with E-state index < -0.39 is 47.3 Å². The second-order valence-corrected chi connectivity index (χ2v) is 23.0. The van der Waals surface area contributed by atoms with Crippen LogP contribution in [0.3, 0.4) is 0 Å². The lowest BCUT2D eigenvalue weighted by Gasteiger charge is -2.50. The molecule has 0 aliphatic carbocycles. The number of hydrogen-bond acceptors (Lipinski definition) is 6. The summed E-state index contributed by atoms with van der Waals surface area (Å²) >= 11 is 0. The molecule has 5 atom stereocenters. The number of ether oxygens (including phenoxy) is 2. The summed E-state index contributed by atoms with van der Waals surface area (Å²) in [5.41, 5.74) is 0. The molecule has 1 fully saturated rings. The first-order chi connectivity index (χ1) is 22.4. The topological polar surface area (TPSA) is 77.4 Å². The quantitative estimate of drug-likeness (QED) is 0.240. The van der Waals surface area contributed by atoms with Crippen molar-refractivity contribution < 1.29 is 28.5 Å². The lowest BCUT2D eigenvalue weighted by Crippen LogP contribution is -2.72. The van der Waals surface area contributed by atoms with Crippen molar-refractivity contribution in [2.75, 3.05) is 13.7 Å². The van der Waals surface area contributed by atoms with Crippen LogP contribution in [-0.2, 0) is 18.3 Å². The molecule has 1 saturated heterocycles. The maximum Gasteiger partial charge on any atom is 0.261 e. The molecule has 0 spiro atoms. The molecule has 0 unspecified atom stereocenters. The molecule has 47 heavy (non-hydrogen) atoms. The summed E-state index contributed by atoms with van der Waals surface area (Å²) in [6.07, 6.45) is -5.28. The van der Waals surface area contributed by atoms with Crippen molar-refractivity contribution in [3.05, 3.63) is 121 Å². The lowest BCUT2D eigenvalue weighted by atomic mass is 9.99. The largest absolute Gasteiger partial charge is 0.405 e. The van der Waals surface area contributed by atoms with E-state index in [1.54, 1.807) is 0 Å². The first kappa shape index (κ1) is 35.4. The first-order valence-corrected chi connectivity index (χ1v) is 20.3. The molecule has 250 valence electrons. The molecule has 0 amide bonds. The number of benzene rings is 4. The number of methoxy groups -OCH3 is 1. The van der Waals surface area contributed by atoms with Crippen LogP contribution in [0.5, 0.6) is 0 Å². The highest BCUT2D eigenvalue weighted by atomic mass is 28.4. The molecule has 2 N–H and O–H groups in total. The van der Waals surface area contributed by atoms with Crippen molar-refractivity contribution in [3.8, 4) is 0 Å². The van der Waals surface area contributed by atoms with Crippen LogP contribution in [0, 0.1) is 0 Å². The van der Waals surface area contributed by atoms with E-state index in [0.29, 0.717) is 0 Å². The van der Waals surface area contributed by atoms with Crippen LogP contribution in [0.4, 0.5) is 0 Å². The summed E-state index contributed by atoms with van der Waals surface area (Å²) in [6, 6.07) is 41.2. The Morgan fingerprint density at radius 1 is 0.574 bits per heavy atom. The Balaban J connectivity index is 1.57. The third-order valence-electron chi connectivity index (χ3n) is 9.48. The monoisotopic (exact) mass is 670 g/mol. The van der Waals surface area contributed by atoms with Crippen LogP contribution in [0.2, 0.25) is 10.1 Å². The molecule has 1 heterocycles. The van der Waals surface area contributed by atoms with Gasteiger partial charge in [0.2, 0.25) is 0 Å². The van der Waals surface area contributed by atoms with Gasteiger partial charge in [-0.1, -0.05) is 163 Å². The van der Waals surface area contributed by atoms with E-state index in [1.165, 1.54) is 7.11 Å². The van der Waals surface area contributed by atoms with Gasteiger partial charge in [0.15, 0.2) is 6.29 Å². The van der Waals surface area contributed by atoms with Crippen LogP contribution in [0.25, 0.3) is 0 Å². The molecule has 6 nitrogen and oxygen atoms in total. The summed E-state index contributed by atoms with van der Waals surface area (Å²) in [7, 11) is -4.59. The summed E-state index contributed by atoms with van der Waals surface area (Å²) in [6.45, 7) is 13.3. The SMILES string of the molecule is CO[C@H]1O[C@H](CO[Si](c2ccccc2)(c2ccccc2)C(C)(C)C)[C@@H](O)[C@H](O[Si](c2ccccc2)(c2ccccc2)C(C)(C)C)[C@@H]1O. The van der Waals surface area contributed by atoms with Crippen molar-refractivity contribution in [1.29, 1.82) is 0 Å². The summed E-state index contributed by atoms with van der Waals surface area (Å²) in [5.74, 6) is 0. The predicted octanol–water partition coefficient (Wildman–Crippen LogP) is 4.60. The van der Waals surface area contributed by atoms with Gasteiger partial charge in [-0.05, 0) is 30.8 Å². The maximum absolute atomic E-state index is 12.2. The zero-order chi connectivity index (χ0) is 33.9. The summed E-state index contributed by atoms with van der Waals surface area (Å²) < 4.78 is 26.5. The van der Waals surface area contributed by atoms with E-state index in [2.05, 4.69) is 90.1 Å². The van der Waals surface area contributed by atoms with Crippen LogP contribution < -0.4 is 20.7 Å². The Hall–Kier alpha value is -2.93. The standard InChI is InChI=1S/C39H50O6Si2/c1-38(2,3)46(29-20-12-8-13-21-29,30-22-14-9-15-23-30)43-28-33-34(40)36(35(41)37(42-7)44-33)45-47(39(4,5)6,31-24-16-10-17-25-31)32-26-18-11-19-27-32/h8-27,33-37,40-41H,28H2,1-7H3/t33-,34-,35+,36+,37+/m1/s1. The third-order valence-corrected chi connectivity index (χ3v) is 19.5. The fourth-order valence-corrected chi connectivity index (χ4v) is 16.5. The van der Waals surface area contributed by atoms with Crippen LogP contribution in [0.1, 0.15) is 41.5 Å². The second-order valence-electron chi connectivity index (χ2n) is 14.5. The van der Waals surface area contributed by atoms with Gasteiger partial charge in [-0.3, -0.25) is 0 Å². The molecule has 0 radical (unpaired) electrons. The fraction of sp³-hybridized carbons (Fsp3) is 0.385. The minimum Gasteiger partial charge on any atom is -0.405 e. The van der Waals surface area contributed by atoms with Gasteiger partial charge in [-0.25, -0.2) is 0 Å². The van der Waals surface area contributed by atoms with Gasteiger partial charge in [0.25, 0.3) is 16.6 Å². The summed E-state index contributed by atoms with van der Waals surface area (Å²) in [5, 5.41) is 27.6. The molecule has 4 aromatic carbocycles. The predicted molar refractivity (Wildman–Crippen MR) is 194 cm³/mol. The van der Waals surface area contributed by atoms with E-state index in [-0.39, 0.29) is 16.7 Å². The van der Waals surface area contributed by atoms with Gasteiger partial charge in [-0.2, -0.15) is 0 Å². The van der Waals surface area contributed by atoms with Gasteiger partial charge in [-0.15, -0.1) is 0 Å². The molecule has 1 aliphatic heterocycles. The molecular formula is C39H50O6Si2. The van der Waals surface area contributed by atoms with Gasteiger partial charge < -0.3 is 28.5 Å². The van der Waals surface area contributed by atoms with E-state index in [9.17, 15) is 10.2 Å². The Labute approximate surface area is 282 Å². The molecular weight excluding hydrogens is 621 g/mol. The van der Waals surface area contributed by atoms with E-state index in [1.807, 2.05) is 72.8 Å². The van der Waals surface area contributed by atoms with E-state index in [4.69, 9.17) is 18.3 Å². The first-order valence-electron chi connectivity index (χ1n) is 16.4. The van der Waals surface area contributed by atoms with Crippen molar-refractivity contribution in [2.24, 2.45) is 0 Å². The maximum atomic E-state index is 12.2. The van der Waals surface area contributed by atoms with Gasteiger partial charge in [0, 0.05) is 7.11 Å². The van der Waals surface area contributed by atoms with Gasteiger partial charge >= 0.3 is 0 Å². The summed E-state index contributed by atoms with van der Waals surface area (Å²) in [4.78, 5) is 0. The Morgan fingerprint density at radius 2 is 0.936 bits per heavy atom. The number of rotatable bonds is 10. The minimum absolute atomic E-state index is 0.0850. The highest BCUT2D eigenvalue weighted by Gasteiger charge is 2.57. The van der Waals surface area contributed by atoms with Crippen molar-refractivity contribution >= 4 is 37.4 Å². The number of hydrogen-bond donors (Lipinski definition) is 2. The second kappa shape index (κ2) is 14.3. The van der Waals surface area contributed by atoms with Gasteiger partial charge in [0.05, 0.1) is 6.61 Å². The van der Waals surface area contributed by atoms with Crippen LogP contribution >= 0.6 is 0 Å². The molecule has 0 saturated carbocycles. The average Bonchev–Trinajstić information content (AvgIpc) is 3.06. The van der Waals surface area contributed by atoms with Crippen molar-refractivity contribution in [1.82, 2.24) is 0 Å². The molecule has 1 aliphatic rings. The van der Waals surface area contributed by atoms with Crippen molar-refractivity contribution in [2.45, 2.75) is 82.3 Å². The number of aliphatic hydroxyl groups is 2. The van der Waals surface area contributed by atoms with Crippen LogP contribution in [-0.4, -0.2) is 71.3 Å². The smallest absolute Gasteiger partial charge is 0.261 e. The third kappa shape index (κ3) is 6.71. The molecule has 8 heteroatoms. The van der Waals surface area contributed by atoms with Crippen molar-refractivity contribution in [3.63, 3.8) is 0 Å². The molecule has 0 bridgehead atoms. The zero-order valence-electron chi connectivity index (χ0n) is 28.7. The highest BCUT2D eigenvalue weighted by molar-refractivity contribution is 7.00. The lowest BCUT2D eigenvalue weighted by molar-refractivity contribution is -0.290. The fourth-order valence-electron chi connectivity index (χ4n) is 7.24. The Morgan fingerprint density at radius 3 is 1.28 bits per heavy atom. The van der Waals surface area contributed by atoms with E-state index in [0.717, 1.165) is 20.7 Å².